The van der Waals surface area contributed by atoms with E-state index in [0.29, 0.717) is 0 Å². The zero-order valence-corrected chi connectivity index (χ0v) is 31.6. The van der Waals surface area contributed by atoms with E-state index in [1.54, 1.807) is 0 Å². The van der Waals surface area contributed by atoms with Crippen LogP contribution in [0.2, 0.25) is 0 Å². The fourth-order valence-electron chi connectivity index (χ4n) is 9.30. The maximum Gasteiger partial charge on any atom is 0.143 e. The molecule has 0 spiro atoms. The lowest BCUT2D eigenvalue weighted by Gasteiger charge is -2.30. The van der Waals surface area contributed by atoms with E-state index in [9.17, 15) is 0 Å². The Labute approximate surface area is 335 Å². The average molecular weight is 738 g/mol. The minimum Gasteiger partial charge on any atom is -0.455 e. The largest absolute Gasteiger partial charge is 0.455 e. The predicted molar refractivity (Wildman–Crippen MR) is 247 cm³/mol. The quantitative estimate of drug-likeness (QED) is 0.164. The van der Waals surface area contributed by atoms with Crippen LogP contribution in [0.1, 0.15) is 0 Å². The van der Waals surface area contributed by atoms with Crippen molar-refractivity contribution in [3.05, 3.63) is 212 Å². The number of nitrogens with zero attached hydrogens (tertiary/aromatic N) is 1. The van der Waals surface area contributed by atoms with Crippen LogP contribution in [-0.4, -0.2) is 0 Å². The Bertz CT molecular complexity index is 3580. The molecule has 12 aromatic rings. The smallest absolute Gasteiger partial charge is 0.143 e. The lowest BCUT2D eigenvalue weighted by Crippen LogP contribution is -2.12. The molecule has 1 heterocycles. The molecule has 0 aliphatic heterocycles. The first kappa shape index (κ1) is 32.6. The predicted octanol–water partition coefficient (Wildman–Crippen LogP) is 16.2. The maximum atomic E-state index is 6.55. The van der Waals surface area contributed by atoms with Gasteiger partial charge in [0.1, 0.15) is 11.2 Å². The van der Waals surface area contributed by atoms with E-state index in [1.165, 1.54) is 59.6 Å². The third kappa shape index (κ3) is 5.05. The van der Waals surface area contributed by atoms with Crippen LogP contribution in [-0.2, 0) is 0 Å². The van der Waals surface area contributed by atoms with E-state index >= 15 is 0 Å². The number of anilines is 3. The monoisotopic (exact) mass is 737 g/mol. The summed E-state index contributed by atoms with van der Waals surface area (Å²) in [5, 5.41) is 14.5. The van der Waals surface area contributed by atoms with Gasteiger partial charge in [0.05, 0.1) is 11.4 Å². The fraction of sp³-hybridized carbons (Fsp3) is 0. The van der Waals surface area contributed by atoms with Crippen molar-refractivity contribution in [2.45, 2.75) is 0 Å². The van der Waals surface area contributed by atoms with Crippen LogP contribution in [0.15, 0.2) is 217 Å². The number of furan rings is 1. The van der Waals surface area contributed by atoms with Crippen LogP contribution < -0.4 is 4.90 Å². The summed E-state index contributed by atoms with van der Waals surface area (Å²) >= 11 is 0. The highest BCUT2D eigenvalue weighted by Crippen LogP contribution is 2.47. The summed E-state index contributed by atoms with van der Waals surface area (Å²) in [6, 6.07) is 77.2. The Hall–Kier alpha value is -7.68. The van der Waals surface area contributed by atoms with Gasteiger partial charge in [-0.05, 0) is 108 Å². The van der Waals surface area contributed by atoms with Crippen molar-refractivity contribution in [2.24, 2.45) is 0 Å². The average Bonchev–Trinajstić information content (AvgIpc) is 3.68. The molecule has 0 saturated heterocycles. The number of rotatable bonds is 5. The van der Waals surface area contributed by atoms with Crippen LogP contribution in [0.4, 0.5) is 17.1 Å². The second-order valence-corrected chi connectivity index (χ2v) is 15.2. The molecule has 2 nitrogen and oxygen atoms in total. The third-order valence-electron chi connectivity index (χ3n) is 12.0. The molecule has 0 fully saturated rings. The van der Waals surface area contributed by atoms with Crippen LogP contribution in [0, 0.1) is 0 Å². The number of hydrogen-bond donors (Lipinski definition) is 0. The number of benzene rings is 11. The molecule has 270 valence electrons. The number of fused-ring (bicyclic) bond motifs is 11. The maximum absolute atomic E-state index is 6.55. The summed E-state index contributed by atoms with van der Waals surface area (Å²) in [6.45, 7) is 0. The summed E-state index contributed by atoms with van der Waals surface area (Å²) in [7, 11) is 0. The van der Waals surface area contributed by atoms with Gasteiger partial charge in [-0.1, -0.05) is 164 Å². The Morgan fingerprint density at radius 1 is 0.293 bits per heavy atom. The number of hydrogen-bond acceptors (Lipinski definition) is 2. The van der Waals surface area contributed by atoms with Crippen LogP contribution >= 0.6 is 0 Å². The van der Waals surface area contributed by atoms with Crippen molar-refractivity contribution >= 4 is 92.9 Å². The van der Waals surface area contributed by atoms with Crippen molar-refractivity contribution in [2.75, 3.05) is 4.90 Å². The molecule has 58 heavy (non-hydrogen) atoms. The zero-order valence-electron chi connectivity index (χ0n) is 31.6. The van der Waals surface area contributed by atoms with E-state index < -0.39 is 0 Å². The first-order chi connectivity index (χ1) is 28.8. The summed E-state index contributed by atoms with van der Waals surface area (Å²) < 4.78 is 6.55. The van der Waals surface area contributed by atoms with Crippen molar-refractivity contribution in [3.8, 4) is 22.3 Å². The third-order valence-corrected chi connectivity index (χ3v) is 12.0. The summed E-state index contributed by atoms with van der Waals surface area (Å²) in [5.74, 6) is 0. The first-order valence-corrected chi connectivity index (χ1v) is 19.9. The van der Waals surface area contributed by atoms with Gasteiger partial charge < -0.3 is 9.32 Å². The van der Waals surface area contributed by atoms with Gasteiger partial charge in [-0.15, -0.1) is 0 Å². The van der Waals surface area contributed by atoms with Crippen molar-refractivity contribution in [3.63, 3.8) is 0 Å². The molecule has 2 heteroatoms. The van der Waals surface area contributed by atoms with Crippen molar-refractivity contribution in [1.82, 2.24) is 0 Å². The molecular formula is C56H35NO. The van der Waals surface area contributed by atoms with E-state index in [1.807, 2.05) is 0 Å². The van der Waals surface area contributed by atoms with Gasteiger partial charge in [0.2, 0.25) is 0 Å². The molecule has 0 unspecified atom stereocenters. The second kappa shape index (κ2) is 12.9. The molecule has 0 radical (unpaired) electrons. The molecule has 12 rings (SSSR count). The Morgan fingerprint density at radius 3 is 1.62 bits per heavy atom. The lowest BCUT2D eigenvalue weighted by atomic mass is 9.93. The number of para-hydroxylation sites is 1. The Kier molecular flexibility index (Phi) is 7.26. The van der Waals surface area contributed by atoms with Crippen LogP contribution in [0.3, 0.4) is 0 Å². The highest BCUT2D eigenvalue weighted by Gasteiger charge is 2.22. The molecule has 0 atom stereocenters. The normalized spacial score (nSPS) is 11.8. The van der Waals surface area contributed by atoms with Gasteiger partial charge in [-0.3, -0.25) is 0 Å². The van der Waals surface area contributed by atoms with Crippen molar-refractivity contribution in [1.29, 1.82) is 0 Å². The summed E-state index contributed by atoms with van der Waals surface area (Å²) in [6.07, 6.45) is 0. The molecular weight excluding hydrogens is 703 g/mol. The van der Waals surface area contributed by atoms with Gasteiger partial charge in [0, 0.05) is 32.8 Å². The van der Waals surface area contributed by atoms with Gasteiger partial charge in [-0.2, -0.15) is 0 Å². The van der Waals surface area contributed by atoms with E-state index in [4.69, 9.17) is 4.42 Å². The summed E-state index contributed by atoms with van der Waals surface area (Å²) in [5.41, 5.74) is 9.84. The van der Waals surface area contributed by atoms with Crippen LogP contribution in [0.5, 0.6) is 0 Å². The van der Waals surface area contributed by atoms with Crippen molar-refractivity contribution < 1.29 is 4.42 Å². The standard InChI is InChI=1S/C56H35NO/c1-6-19-45-36(13-1)27-31-50-52-34-40(28-32-55(52)58-56(45)50)44-18-11-12-24-53(44)57(54-35-39-15-3-5-17-43(39)47-21-9-10-23-49(47)54)41-29-25-37(26-30-41)51-33-38-14-2-4-16-42(38)46-20-7-8-22-48(46)51/h1-35H. The molecule has 0 N–H and O–H groups in total. The lowest BCUT2D eigenvalue weighted by molar-refractivity contribution is 0.672. The summed E-state index contributed by atoms with van der Waals surface area (Å²) in [4.78, 5) is 2.46. The molecule has 0 saturated carbocycles. The SMILES string of the molecule is c1ccc(N(c2ccc(-c3cc4ccccc4c4ccccc34)cc2)c2cc3ccccc3c3ccccc23)c(-c2ccc3oc4c5ccccc5ccc4c3c2)c1. The minimum atomic E-state index is 0.891. The molecule has 0 bridgehead atoms. The second-order valence-electron chi connectivity index (χ2n) is 15.2. The Balaban J connectivity index is 1.08. The highest BCUT2D eigenvalue weighted by atomic mass is 16.3. The van der Waals surface area contributed by atoms with E-state index in [0.717, 1.165) is 55.5 Å². The topological polar surface area (TPSA) is 16.4 Å². The van der Waals surface area contributed by atoms with Gasteiger partial charge in [0.15, 0.2) is 0 Å². The molecule has 1 aromatic heterocycles. The van der Waals surface area contributed by atoms with Crippen LogP contribution in [0.25, 0.3) is 98.1 Å². The minimum absolute atomic E-state index is 0.891. The molecule has 11 aromatic carbocycles. The van der Waals surface area contributed by atoms with E-state index in [-0.39, 0.29) is 0 Å². The fourth-order valence-corrected chi connectivity index (χ4v) is 9.30. The molecule has 0 amide bonds. The van der Waals surface area contributed by atoms with Gasteiger partial charge in [-0.25, -0.2) is 0 Å². The van der Waals surface area contributed by atoms with Gasteiger partial charge in [0.25, 0.3) is 0 Å². The zero-order chi connectivity index (χ0) is 38.2. The molecule has 0 aliphatic rings. The van der Waals surface area contributed by atoms with E-state index in [2.05, 4.69) is 217 Å². The van der Waals surface area contributed by atoms with Gasteiger partial charge >= 0.3 is 0 Å². The molecule has 0 aliphatic carbocycles. The Morgan fingerprint density at radius 2 is 0.862 bits per heavy atom. The highest BCUT2D eigenvalue weighted by molar-refractivity contribution is 6.18. The first-order valence-electron chi connectivity index (χ1n) is 19.9.